The van der Waals surface area contributed by atoms with Gasteiger partial charge in [-0.1, -0.05) is 24.6 Å². The molecule has 2 heterocycles. The second kappa shape index (κ2) is 6.30. The minimum absolute atomic E-state index is 0.0505. The molecule has 0 radical (unpaired) electrons. The SMILES string of the molecule is O=[N+]([O-])c1cnc2ccccc2c1NCC1CCCCS1. The van der Waals surface area contributed by atoms with Gasteiger partial charge in [-0.3, -0.25) is 10.1 Å². The van der Waals surface area contributed by atoms with E-state index in [9.17, 15) is 10.1 Å². The lowest BCUT2D eigenvalue weighted by Crippen LogP contribution is -2.20. The van der Waals surface area contributed by atoms with Crippen molar-refractivity contribution in [2.75, 3.05) is 17.6 Å². The molecule has 0 bridgehead atoms. The topological polar surface area (TPSA) is 68.1 Å². The van der Waals surface area contributed by atoms with Gasteiger partial charge in [0.2, 0.25) is 0 Å². The van der Waals surface area contributed by atoms with E-state index in [0.29, 0.717) is 10.9 Å². The fraction of sp³-hybridized carbons (Fsp3) is 0.400. The van der Waals surface area contributed by atoms with E-state index in [1.807, 2.05) is 36.0 Å². The highest BCUT2D eigenvalue weighted by molar-refractivity contribution is 7.99. The number of nitro groups is 1. The number of para-hydroxylation sites is 1. The number of aromatic nitrogens is 1. The molecule has 0 aliphatic carbocycles. The number of benzene rings is 1. The molecule has 110 valence electrons. The first-order valence-electron chi connectivity index (χ1n) is 7.13. The van der Waals surface area contributed by atoms with Gasteiger partial charge in [0.05, 0.1) is 10.4 Å². The van der Waals surface area contributed by atoms with Crippen molar-refractivity contribution in [3.63, 3.8) is 0 Å². The lowest BCUT2D eigenvalue weighted by molar-refractivity contribution is -0.384. The molecule has 1 aromatic heterocycles. The third-order valence-corrected chi connectivity index (χ3v) is 5.13. The van der Waals surface area contributed by atoms with E-state index in [1.54, 1.807) is 0 Å². The summed E-state index contributed by atoms with van der Waals surface area (Å²) >= 11 is 1.95. The summed E-state index contributed by atoms with van der Waals surface area (Å²) in [5.74, 6) is 1.19. The molecule has 21 heavy (non-hydrogen) atoms. The van der Waals surface area contributed by atoms with Gasteiger partial charge in [-0.2, -0.15) is 11.8 Å². The van der Waals surface area contributed by atoms with Gasteiger partial charge in [0.15, 0.2) is 0 Å². The highest BCUT2D eigenvalue weighted by atomic mass is 32.2. The molecule has 1 aliphatic heterocycles. The number of fused-ring (bicyclic) bond motifs is 1. The first-order valence-corrected chi connectivity index (χ1v) is 8.18. The summed E-state index contributed by atoms with van der Waals surface area (Å²) < 4.78 is 0. The van der Waals surface area contributed by atoms with Gasteiger partial charge in [0, 0.05) is 17.2 Å². The van der Waals surface area contributed by atoms with E-state index in [4.69, 9.17) is 0 Å². The number of pyridine rings is 1. The molecular weight excluding hydrogens is 286 g/mol. The second-order valence-corrected chi connectivity index (χ2v) is 6.57. The molecule has 1 fully saturated rings. The number of hydrogen-bond donors (Lipinski definition) is 1. The van der Waals surface area contributed by atoms with Gasteiger partial charge >= 0.3 is 5.69 Å². The Morgan fingerprint density at radius 1 is 1.38 bits per heavy atom. The van der Waals surface area contributed by atoms with E-state index >= 15 is 0 Å². The zero-order chi connectivity index (χ0) is 14.7. The van der Waals surface area contributed by atoms with Crippen molar-refractivity contribution in [1.82, 2.24) is 4.98 Å². The van der Waals surface area contributed by atoms with Crippen LogP contribution in [0.3, 0.4) is 0 Å². The Morgan fingerprint density at radius 3 is 3.00 bits per heavy atom. The molecule has 3 rings (SSSR count). The van der Waals surface area contributed by atoms with Gasteiger partial charge in [-0.25, -0.2) is 4.98 Å². The standard InChI is InChI=1S/C15H17N3O2S/c19-18(20)14-10-16-13-7-2-1-6-12(13)15(14)17-9-11-5-3-4-8-21-11/h1-2,6-7,10-11H,3-5,8-9H2,(H,16,17). The van der Waals surface area contributed by atoms with Gasteiger partial charge in [-0.05, 0) is 24.7 Å². The van der Waals surface area contributed by atoms with Crippen LogP contribution in [0.4, 0.5) is 11.4 Å². The molecule has 1 N–H and O–H groups in total. The van der Waals surface area contributed by atoms with Crippen molar-refractivity contribution in [3.8, 4) is 0 Å². The molecule has 1 atom stereocenters. The third kappa shape index (κ3) is 3.10. The Labute approximate surface area is 127 Å². The number of nitrogens with one attached hydrogen (secondary N) is 1. The lowest BCUT2D eigenvalue weighted by atomic mass is 10.1. The van der Waals surface area contributed by atoms with Crippen LogP contribution >= 0.6 is 11.8 Å². The summed E-state index contributed by atoms with van der Waals surface area (Å²) in [6.07, 6.45) is 5.05. The van der Waals surface area contributed by atoms with Gasteiger partial charge < -0.3 is 5.32 Å². The molecule has 1 unspecified atom stereocenters. The normalized spacial score (nSPS) is 18.6. The molecule has 1 aromatic carbocycles. The number of anilines is 1. The zero-order valence-corrected chi connectivity index (χ0v) is 12.4. The van der Waals surface area contributed by atoms with Crippen molar-refractivity contribution in [2.24, 2.45) is 0 Å². The van der Waals surface area contributed by atoms with Crippen LogP contribution in [0.1, 0.15) is 19.3 Å². The summed E-state index contributed by atoms with van der Waals surface area (Å²) in [6.45, 7) is 0.763. The predicted molar refractivity (Wildman–Crippen MR) is 87.0 cm³/mol. The minimum Gasteiger partial charge on any atom is -0.378 e. The van der Waals surface area contributed by atoms with Crippen LogP contribution in [-0.4, -0.2) is 27.5 Å². The van der Waals surface area contributed by atoms with Crippen LogP contribution in [0, 0.1) is 10.1 Å². The fourth-order valence-corrected chi connectivity index (χ4v) is 3.88. The van der Waals surface area contributed by atoms with Crippen molar-refractivity contribution in [1.29, 1.82) is 0 Å². The van der Waals surface area contributed by atoms with Gasteiger partial charge in [-0.15, -0.1) is 0 Å². The number of hydrogen-bond acceptors (Lipinski definition) is 5. The Hall–Kier alpha value is -1.82. The largest absolute Gasteiger partial charge is 0.378 e. The Bertz CT molecular complexity index is 656. The molecule has 5 nitrogen and oxygen atoms in total. The maximum atomic E-state index is 11.2. The molecule has 0 spiro atoms. The maximum absolute atomic E-state index is 11.2. The summed E-state index contributed by atoms with van der Waals surface area (Å²) in [4.78, 5) is 15.0. The molecule has 6 heteroatoms. The lowest BCUT2D eigenvalue weighted by Gasteiger charge is -2.22. The van der Waals surface area contributed by atoms with E-state index in [2.05, 4.69) is 10.3 Å². The van der Waals surface area contributed by atoms with Crippen LogP contribution in [-0.2, 0) is 0 Å². The third-order valence-electron chi connectivity index (χ3n) is 3.73. The average molecular weight is 303 g/mol. The van der Waals surface area contributed by atoms with E-state index in [1.165, 1.54) is 31.2 Å². The molecule has 2 aromatic rings. The molecule has 0 amide bonds. The summed E-state index contributed by atoms with van der Waals surface area (Å²) in [5, 5.41) is 15.9. The maximum Gasteiger partial charge on any atom is 0.311 e. The molecule has 1 saturated heterocycles. The van der Waals surface area contributed by atoms with Crippen molar-refractivity contribution in [3.05, 3.63) is 40.6 Å². The molecule has 0 saturated carbocycles. The number of rotatable bonds is 4. The fourth-order valence-electron chi connectivity index (χ4n) is 2.64. The van der Waals surface area contributed by atoms with Crippen LogP contribution in [0.5, 0.6) is 0 Å². The van der Waals surface area contributed by atoms with Gasteiger partial charge in [0.25, 0.3) is 0 Å². The smallest absolute Gasteiger partial charge is 0.311 e. The highest BCUT2D eigenvalue weighted by Crippen LogP contribution is 2.32. The van der Waals surface area contributed by atoms with Crippen LogP contribution in [0.25, 0.3) is 10.9 Å². The second-order valence-electron chi connectivity index (χ2n) is 5.16. The summed E-state index contributed by atoms with van der Waals surface area (Å²) in [5.41, 5.74) is 1.42. The van der Waals surface area contributed by atoms with E-state index in [0.717, 1.165) is 17.4 Å². The first kappa shape index (κ1) is 14.1. The van der Waals surface area contributed by atoms with Gasteiger partial charge in [0.1, 0.15) is 11.9 Å². The summed E-state index contributed by atoms with van der Waals surface area (Å²) in [6, 6.07) is 7.53. The zero-order valence-electron chi connectivity index (χ0n) is 11.6. The van der Waals surface area contributed by atoms with Crippen LogP contribution < -0.4 is 5.32 Å². The number of thioether (sulfide) groups is 1. The minimum atomic E-state index is -0.365. The average Bonchev–Trinajstić information content (AvgIpc) is 2.53. The highest BCUT2D eigenvalue weighted by Gasteiger charge is 2.20. The van der Waals surface area contributed by atoms with Crippen LogP contribution in [0.15, 0.2) is 30.5 Å². The molecule has 1 aliphatic rings. The van der Waals surface area contributed by atoms with E-state index < -0.39 is 0 Å². The Kier molecular flexibility index (Phi) is 4.24. The Balaban J connectivity index is 1.90. The number of nitrogens with zero attached hydrogens (tertiary/aromatic N) is 2. The van der Waals surface area contributed by atoms with E-state index in [-0.39, 0.29) is 10.6 Å². The first-order chi connectivity index (χ1) is 10.3. The monoisotopic (exact) mass is 303 g/mol. The molecular formula is C15H17N3O2S. The van der Waals surface area contributed by atoms with Crippen molar-refractivity contribution < 1.29 is 4.92 Å². The van der Waals surface area contributed by atoms with Crippen molar-refractivity contribution >= 4 is 34.0 Å². The van der Waals surface area contributed by atoms with Crippen LogP contribution in [0.2, 0.25) is 0 Å². The predicted octanol–water partition coefficient (Wildman–Crippen LogP) is 3.84. The quantitative estimate of drug-likeness (QED) is 0.686. The van der Waals surface area contributed by atoms with Crippen molar-refractivity contribution in [2.45, 2.75) is 24.5 Å². The Morgan fingerprint density at radius 2 is 2.24 bits per heavy atom. The summed E-state index contributed by atoms with van der Waals surface area (Å²) in [7, 11) is 0.